The summed E-state index contributed by atoms with van der Waals surface area (Å²) in [5.41, 5.74) is 0. The molecule has 2 aliphatic rings. The Labute approximate surface area is 49.0 Å². The highest BCUT2D eigenvalue weighted by atomic mass is 16.3. The molecule has 0 aliphatic heterocycles. The number of hydrogen-bond donors (Lipinski definition) is 1. The molecule has 0 aromatic rings. The van der Waals surface area contributed by atoms with Crippen LogP contribution in [0.25, 0.3) is 0 Å². The average molecular weight is 110 g/mol. The highest BCUT2D eigenvalue weighted by Gasteiger charge is 2.33. The van der Waals surface area contributed by atoms with Crippen LogP contribution in [-0.2, 0) is 0 Å². The summed E-state index contributed by atoms with van der Waals surface area (Å²) in [7, 11) is 0. The molecule has 1 saturated carbocycles. The molecule has 0 amide bonds. The Morgan fingerprint density at radius 1 is 1.25 bits per heavy atom. The summed E-state index contributed by atoms with van der Waals surface area (Å²) in [6, 6.07) is 0. The van der Waals surface area contributed by atoms with Gasteiger partial charge in [-0.2, -0.15) is 0 Å². The zero-order valence-electron chi connectivity index (χ0n) is 4.75. The number of hydrogen-bond acceptors (Lipinski definition) is 1. The van der Waals surface area contributed by atoms with Crippen molar-refractivity contribution in [3.05, 3.63) is 12.2 Å². The van der Waals surface area contributed by atoms with Crippen molar-refractivity contribution in [2.24, 2.45) is 11.8 Å². The molecular weight excluding hydrogens is 100 g/mol. The number of allylic oxidation sites excluding steroid dienone is 1. The second-order valence-electron chi connectivity index (χ2n) is 2.85. The van der Waals surface area contributed by atoms with Crippen LogP contribution in [0.4, 0.5) is 0 Å². The van der Waals surface area contributed by atoms with E-state index in [-0.39, 0.29) is 6.10 Å². The first-order chi connectivity index (χ1) is 3.86. The first-order valence-electron chi connectivity index (χ1n) is 3.22. The van der Waals surface area contributed by atoms with Crippen molar-refractivity contribution in [2.45, 2.75) is 18.9 Å². The standard InChI is InChI=1S/C7H10O/c8-7-4-5-1-2-6(7)3-5/h1-2,5-8H,3-4H2/t5?,6-,7?/m0/s1. The summed E-state index contributed by atoms with van der Waals surface area (Å²) < 4.78 is 0. The van der Waals surface area contributed by atoms with E-state index in [1.165, 1.54) is 6.42 Å². The largest absolute Gasteiger partial charge is 0.392 e. The molecule has 0 radical (unpaired) electrons. The minimum absolute atomic E-state index is 0.00926. The molecule has 0 heterocycles. The van der Waals surface area contributed by atoms with Gasteiger partial charge in [0.1, 0.15) is 0 Å². The fourth-order valence-corrected chi connectivity index (χ4v) is 1.75. The Balaban J connectivity index is 2.23. The van der Waals surface area contributed by atoms with E-state index in [2.05, 4.69) is 12.2 Å². The van der Waals surface area contributed by atoms with E-state index < -0.39 is 0 Å². The van der Waals surface area contributed by atoms with Crippen LogP contribution in [0.5, 0.6) is 0 Å². The quantitative estimate of drug-likeness (QED) is 0.460. The lowest BCUT2D eigenvalue weighted by atomic mass is 10.1. The van der Waals surface area contributed by atoms with Crippen molar-refractivity contribution in [1.29, 1.82) is 0 Å². The first-order valence-corrected chi connectivity index (χ1v) is 3.22. The highest BCUT2D eigenvalue weighted by Crippen LogP contribution is 2.38. The Morgan fingerprint density at radius 3 is 2.38 bits per heavy atom. The summed E-state index contributed by atoms with van der Waals surface area (Å²) in [4.78, 5) is 0. The van der Waals surface area contributed by atoms with Crippen molar-refractivity contribution in [3.63, 3.8) is 0 Å². The third kappa shape index (κ3) is 0.451. The summed E-state index contributed by atoms with van der Waals surface area (Å²) >= 11 is 0. The highest BCUT2D eigenvalue weighted by molar-refractivity contribution is 5.10. The normalized spacial score (nSPS) is 50.9. The maximum absolute atomic E-state index is 9.17. The fraction of sp³-hybridized carbons (Fsp3) is 0.714. The molecule has 0 aromatic carbocycles. The van der Waals surface area contributed by atoms with Gasteiger partial charge in [0.05, 0.1) is 6.10 Å². The predicted octanol–water partition coefficient (Wildman–Crippen LogP) is 0.943. The lowest BCUT2D eigenvalue weighted by Crippen LogP contribution is -2.11. The van der Waals surface area contributed by atoms with Gasteiger partial charge in [0.15, 0.2) is 0 Å². The van der Waals surface area contributed by atoms with Crippen molar-refractivity contribution >= 4 is 0 Å². The van der Waals surface area contributed by atoms with Gasteiger partial charge in [-0.15, -0.1) is 0 Å². The van der Waals surface area contributed by atoms with Crippen LogP contribution in [0.15, 0.2) is 12.2 Å². The van der Waals surface area contributed by atoms with Gasteiger partial charge in [0.2, 0.25) is 0 Å². The molecule has 8 heavy (non-hydrogen) atoms. The maximum Gasteiger partial charge on any atom is 0.0608 e. The van der Waals surface area contributed by atoms with Crippen molar-refractivity contribution in [1.82, 2.24) is 0 Å². The summed E-state index contributed by atoms with van der Waals surface area (Å²) in [5.74, 6) is 1.23. The summed E-state index contributed by atoms with van der Waals surface area (Å²) in [6.07, 6.45) is 6.60. The average Bonchev–Trinajstić information content (AvgIpc) is 2.23. The van der Waals surface area contributed by atoms with Crippen LogP contribution in [0, 0.1) is 11.8 Å². The topological polar surface area (TPSA) is 20.2 Å². The molecule has 3 atom stereocenters. The van der Waals surface area contributed by atoms with Crippen LogP contribution >= 0.6 is 0 Å². The number of aliphatic hydroxyl groups excluding tert-OH is 1. The second kappa shape index (κ2) is 1.35. The van der Waals surface area contributed by atoms with E-state index in [0.29, 0.717) is 5.92 Å². The second-order valence-corrected chi connectivity index (χ2v) is 2.85. The lowest BCUT2D eigenvalue weighted by molar-refractivity contribution is 0.148. The molecule has 0 aromatic heterocycles. The van der Waals surface area contributed by atoms with Crippen molar-refractivity contribution in [3.8, 4) is 0 Å². The molecule has 1 N–H and O–H groups in total. The predicted molar refractivity (Wildman–Crippen MR) is 31.4 cm³/mol. The Kier molecular flexibility index (Phi) is 0.770. The van der Waals surface area contributed by atoms with E-state index in [1.54, 1.807) is 0 Å². The number of aliphatic hydroxyl groups is 1. The van der Waals surface area contributed by atoms with Gasteiger partial charge in [0, 0.05) is 5.92 Å². The van der Waals surface area contributed by atoms with Crippen LogP contribution in [-0.4, -0.2) is 11.2 Å². The Morgan fingerprint density at radius 2 is 2.12 bits per heavy atom. The maximum atomic E-state index is 9.17. The molecule has 2 rings (SSSR count). The number of fused-ring (bicyclic) bond motifs is 2. The molecule has 1 fully saturated rings. The molecule has 0 saturated heterocycles. The molecular formula is C7H10O. The van der Waals surface area contributed by atoms with Gasteiger partial charge in [-0.05, 0) is 18.8 Å². The minimum Gasteiger partial charge on any atom is -0.392 e. The number of rotatable bonds is 0. The van der Waals surface area contributed by atoms with Gasteiger partial charge in [-0.3, -0.25) is 0 Å². The third-order valence-electron chi connectivity index (χ3n) is 2.24. The molecule has 44 valence electrons. The van der Waals surface area contributed by atoms with Crippen molar-refractivity contribution < 1.29 is 5.11 Å². The van der Waals surface area contributed by atoms with E-state index in [9.17, 15) is 0 Å². The van der Waals surface area contributed by atoms with E-state index in [4.69, 9.17) is 5.11 Å². The van der Waals surface area contributed by atoms with Gasteiger partial charge >= 0.3 is 0 Å². The van der Waals surface area contributed by atoms with Gasteiger partial charge in [-0.1, -0.05) is 12.2 Å². The monoisotopic (exact) mass is 110 g/mol. The van der Waals surface area contributed by atoms with Crippen molar-refractivity contribution in [2.75, 3.05) is 0 Å². The Hall–Kier alpha value is -0.300. The minimum atomic E-state index is -0.00926. The zero-order chi connectivity index (χ0) is 5.56. The van der Waals surface area contributed by atoms with E-state index in [1.807, 2.05) is 0 Å². The summed E-state index contributed by atoms with van der Waals surface area (Å²) in [6.45, 7) is 0. The molecule has 1 nitrogen and oxygen atoms in total. The first kappa shape index (κ1) is 4.57. The lowest BCUT2D eigenvalue weighted by Gasteiger charge is -2.08. The SMILES string of the molecule is OC1CC2C=C[C@H]1C2. The van der Waals surface area contributed by atoms with Gasteiger partial charge < -0.3 is 5.11 Å². The molecule has 2 aliphatic carbocycles. The van der Waals surface area contributed by atoms with Crippen LogP contribution in [0.3, 0.4) is 0 Å². The van der Waals surface area contributed by atoms with Gasteiger partial charge in [-0.25, -0.2) is 0 Å². The van der Waals surface area contributed by atoms with E-state index in [0.717, 1.165) is 12.3 Å². The molecule has 1 heteroatoms. The van der Waals surface area contributed by atoms with Crippen LogP contribution in [0.1, 0.15) is 12.8 Å². The molecule has 2 unspecified atom stereocenters. The Bertz CT molecular complexity index is 128. The van der Waals surface area contributed by atoms with Crippen LogP contribution in [0.2, 0.25) is 0 Å². The smallest absolute Gasteiger partial charge is 0.0608 e. The zero-order valence-corrected chi connectivity index (χ0v) is 4.75. The van der Waals surface area contributed by atoms with Crippen LogP contribution < -0.4 is 0 Å². The van der Waals surface area contributed by atoms with E-state index >= 15 is 0 Å². The summed E-state index contributed by atoms with van der Waals surface area (Å²) in [5, 5.41) is 9.17. The fourth-order valence-electron chi connectivity index (χ4n) is 1.75. The third-order valence-corrected chi connectivity index (χ3v) is 2.24. The molecule has 0 spiro atoms. The van der Waals surface area contributed by atoms with Gasteiger partial charge in [0.25, 0.3) is 0 Å². The molecule has 2 bridgehead atoms.